The third kappa shape index (κ3) is 6.04. The van der Waals surface area contributed by atoms with Gasteiger partial charge in [-0.25, -0.2) is 4.98 Å². The zero-order valence-corrected chi connectivity index (χ0v) is 15.1. The van der Waals surface area contributed by atoms with Crippen molar-refractivity contribution in [1.29, 1.82) is 0 Å². The molecule has 0 radical (unpaired) electrons. The Morgan fingerprint density at radius 1 is 1.26 bits per heavy atom. The Labute approximate surface area is 157 Å². The van der Waals surface area contributed by atoms with Crippen molar-refractivity contribution in [2.45, 2.75) is 13.3 Å². The molecule has 0 saturated carbocycles. The number of methoxy groups -OCH3 is 1. The number of hydrogen-bond donors (Lipinski definition) is 2. The van der Waals surface area contributed by atoms with Crippen molar-refractivity contribution >= 4 is 11.9 Å². The van der Waals surface area contributed by atoms with Gasteiger partial charge in [-0.2, -0.15) is 0 Å². The molecule has 27 heavy (non-hydrogen) atoms. The minimum Gasteiger partial charge on any atom is -0.505 e. The monoisotopic (exact) mass is 368 g/mol. The minimum atomic E-state index is -0.684. The number of pyridine rings is 1. The van der Waals surface area contributed by atoms with E-state index in [0.717, 1.165) is 12.2 Å². The predicted molar refractivity (Wildman–Crippen MR) is 98.4 cm³/mol. The van der Waals surface area contributed by atoms with Gasteiger partial charge in [-0.1, -0.05) is 30.9 Å². The summed E-state index contributed by atoms with van der Waals surface area (Å²) in [4.78, 5) is 26.8. The average Bonchev–Trinajstić information content (AvgIpc) is 2.69. The number of nitrogens with one attached hydrogen (secondary N) is 1. The lowest BCUT2D eigenvalue weighted by Crippen LogP contribution is -2.30. The number of amides is 1. The van der Waals surface area contributed by atoms with Gasteiger partial charge in [0, 0.05) is 11.8 Å². The number of hydrogen-bond acceptors (Lipinski definition) is 6. The largest absolute Gasteiger partial charge is 0.505 e. The number of aromatic nitrogens is 1. The molecule has 1 aromatic carbocycles. The second-order valence-corrected chi connectivity index (χ2v) is 5.44. The molecule has 0 atom stereocenters. The van der Waals surface area contributed by atoms with E-state index in [9.17, 15) is 14.7 Å². The lowest BCUT2D eigenvalue weighted by Gasteiger charge is -2.05. The SMILES string of the molecule is CCc1ccc(OCC#Cc2cnc(C(=O)NCC(=O)OC)c(O)c2)cc1. The Morgan fingerprint density at radius 2 is 2.00 bits per heavy atom. The summed E-state index contributed by atoms with van der Waals surface area (Å²) in [6.07, 6.45) is 2.32. The van der Waals surface area contributed by atoms with Gasteiger partial charge < -0.3 is 19.9 Å². The summed E-state index contributed by atoms with van der Waals surface area (Å²) < 4.78 is 9.94. The fraction of sp³-hybridized carbons (Fsp3) is 0.250. The molecule has 0 aliphatic carbocycles. The highest BCUT2D eigenvalue weighted by atomic mass is 16.5. The van der Waals surface area contributed by atoms with Crippen LogP contribution in [0.4, 0.5) is 0 Å². The summed E-state index contributed by atoms with van der Waals surface area (Å²) in [6, 6.07) is 9.08. The van der Waals surface area contributed by atoms with Crippen LogP contribution in [0.2, 0.25) is 0 Å². The first-order valence-corrected chi connectivity index (χ1v) is 8.28. The number of benzene rings is 1. The number of aromatic hydroxyl groups is 1. The van der Waals surface area contributed by atoms with Crippen LogP contribution in [-0.4, -0.2) is 42.2 Å². The number of aryl methyl sites for hydroxylation is 1. The molecule has 7 nitrogen and oxygen atoms in total. The first-order chi connectivity index (χ1) is 13.0. The number of esters is 1. The maximum absolute atomic E-state index is 11.9. The van der Waals surface area contributed by atoms with E-state index < -0.39 is 11.9 Å². The molecule has 0 bridgehead atoms. The van der Waals surface area contributed by atoms with Crippen molar-refractivity contribution < 1.29 is 24.2 Å². The molecule has 0 saturated heterocycles. The Bertz CT molecular complexity index is 866. The molecule has 1 amide bonds. The van der Waals surface area contributed by atoms with E-state index in [1.165, 1.54) is 24.9 Å². The molecule has 0 unspecified atom stereocenters. The van der Waals surface area contributed by atoms with E-state index in [2.05, 4.69) is 33.8 Å². The standard InChI is InChI=1S/C20H20N2O5/c1-3-14-6-8-16(9-7-14)27-10-4-5-15-11-17(23)19(21-12-15)20(25)22-13-18(24)26-2/h6-9,11-12,23H,3,10,13H2,1-2H3,(H,22,25). The molecule has 0 spiro atoms. The number of nitrogens with zero attached hydrogens (tertiary/aromatic N) is 1. The summed E-state index contributed by atoms with van der Waals surface area (Å²) >= 11 is 0. The van der Waals surface area contributed by atoms with Gasteiger partial charge in [-0.05, 0) is 30.2 Å². The third-order valence-corrected chi connectivity index (χ3v) is 3.58. The van der Waals surface area contributed by atoms with Gasteiger partial charge >= 0.3 is 5.97 Å². The normalized spacial score (nSPS) is 9.70. The van der Waals surface area contributed by atoms with E-state index in [0.29, 0.717) is 5.56 Å². The fourth-order valence-corrected chi connectivity index (χ4v) is 2.08. The fourth-order valence-electron chi connectivity index (χ4n) is 2.08. The van der Waals surface area contributed by atoms with E-state index in [1.54, 1.807) is 0 Å². The number of carbonyl (C=O) groups excluding carboxylic acids is 2. The van der Waals surface area contributed by atoms with Crippen LogP contribution in [0.1, 0.15) is 28.5 Å². The first kappa shape index (κ1) is 19.8. The second kappa shape index (κ2) is 9.82. The van der Waals surface area contributed by atoms with Crippen LogP contribution in [0.25, 0.3) is 0 Å². The summed E-state index contributed by atoms with van der Waals surface area (Å²) in [7, 11) is 1.21. The average molecular weight is 368 g/mol. The van der Waals surface area contributed by atoms with Gasteiger partial charge in [-0.3, -0.25) is 9.59 Å². The van der Waals surface area contributed by atoms with Crippen LogP contribution < -0.4 is 10.1 Å². The van der Waals surface area contributed by atoms with Gasteiger partial charge in [0.25, 0.3) is 5.91 Å². The number of ether oxygens (including phenoxy) is 2. The Morgan fingerprint density at radius 3 is 2.63 bits per heavy atom. The van der Waals surface area contributed by atoms with Gasteiger partial charge in [0.15, 0.2) is 5.69 Å². The van der Waals surface area contributed by atoms with Crippen molar-refractivity contribution in [2.24, 2.45) is 0 Å². The summed E-state index contributed by atoms with van der Waals surface area (Å²) in [6.45, 7) is 1.95. The van der Waals surface area contributed by atoms with Crippen LogP contribution in [-0.2, 0) is 16.0 Å². The zero-order chi connectivity index (χ0) is 19.6. The zero-order valence-electron chi connectivity index (χ0n) is 15.1. The molecule has 1 heterocycles. The van der Waals surface area contributed by atoms with Crippen LogP contribution in [0, 0.1) is 11.8 Å². The molecule has 2 aromatic rings. The predicted octanol–water partition coefficient (Wildman–Crippen LogP) is 1.68. The Hall–Kier alpha value is -3.53. The van der Waals surface area contributed by atoms with Gasteiger partial charge in [-0.15, -0.1) is 0 Å². The molecule has 0 aliphatic rings. The Kier molecular flexibility index (Phi) is 7.20. The van der Waals surface area contributed by atoms with Crippen molar-refractivity contribution in [3.05, 3.63) is 53.3 Å². The molecule has 2 N–H and O–H groups in total. The van der Waals surface area contributed by atoms with Gasteiger partial charge in [0.1, 0.15) is 24.7 Å². The highest BCUT2D eigenvalue weighted by Gasteiger charge is 2.14. The molecule has 7 heteroatoms. The smallest absolute Gasteiger partial charge is 0.325 e. The van der Waals surface area contributed by atoms with E-state index in [-0.39, 0.29) is 24.6 Å². The maximum atomic E-state index is 11.9. The van der Waals surface area contributed by atoms with Crippen molar-refractivity contribution in [3.63, 3.8) is 0 Å². The molecule has 0 aliphatic heterocycles. The highest BCUT2D eigenvalue weighted by molar-refractivity contribution is 5.96. The molecule has 0 fully saturated rings. The molecule has 2 rings (SSSR count). The van der Waals surface area contributed by atoms with Gasteiger partial charge in [0.2, 0.25) is 0 Å². The van der Waals surface area contributed by atoms with E-state index in [1.807, 2.05) is 24.3 Å². The van der Waals surface area contributed by atoms with E-state index in [4.69, 9.17) is 4.74 Å². The molecule has 1 aromatic heterocycles. The minimum absolute atomic E-state index is 0.174. The topological polar surface area (TPSA) is 97.8 Å². The quantitative estimate of drug-likeness (QED) is 0.595. The summed E-state index contributed by atoms with van der Waals surface area (Å²) in [5, 5.41) is 12.2. The van der Waals surface area contributed by atoms with Gasteiger partial charge in [0.05, 0.1) is 7.11 Å². The molecular formula is C20H20N2O5. The first-order valence-electron chi connectivity index (χ1n) is 8.28. The highest BCUT2D eigenvalue weighted by Crippen LogP contribution is 2.15. The van der Waals surface area contributed by atoms with E-state index >= 15 is 0 Å². The van der Waals surface area contributed by atoms with Crippen LogP contribution in [0.5, 0.6) is 11.5 Å². The van der Waals surface area contributed by atoms with Crippen molar-refractivity contribution in [2.75, 3.05) is 20.3 Å². The van der Waals surface area contributed by atoms with Crippen molar-refractivity contribution in [1.82, 2.24) is 10.3 Å². The lowest BCUT2D eigenvalue weighted by molar-refractivity contribution is -0.139. The van der Waals surface area contributed by atoms with Crippen LogP contribution >= 0.6 is 0 Å². The van der Waals surface area contributed by atoms with Crippen LogP contribution in [0.3, 0.4) is 0 Å². The number of carbonyl (C=O) groups is 2. The summed E-state index contributed by atoms with van der Waals surface area (Å²) in [5.41, 5.74) is 1.46. The van der Waals surface area contributed by atoms with Crippen LogP contribution in [0.15, 0.2) is 36.5 Å². The maximum Gasteiger partial charge on any atom is 0.325 e. The third-order valence-electron chi connectivity index (χ3n) is 3.58. The van der Waals surface area contributed by atoms with Crippen molar-refractivity contribution in [3.8, 4) is 23.3 Å². The second-order valence-electron chi connectivity index (χ2n) is 5.44. The summed E-state index contributed by atoms with van der Waals surface area (Å²) in [5.74, 6) is 4.72. The molecule has 140 valence electrons. The Balaban J connectivity index is 1.92. The molecular weight excluding hydrogens is 348 g/mol. The number of rotatable bonds is 6. The lowest BCUT2D eigenvalue weighted by atomic mass is 10.2.